The van der Waals surface area contributed by atoms with Gasteiger partial charge in [0, 0.05) is 32.5 Å². The molecule has 1 amide bonds. The van der Waals surface area contributed by atoms with Crippen LogP contribution in [0.1, 0.15) is 38.6 Å². The Labute approximate surface area is 183 Å². The standard InChI is InChI=1S/C24H22BrN3O2/c1-14-5-6-15(2)21(9-14)28-16(3)10-19(17(28)4)13-26-27-24(29)23-12-18-11-20(25)7-8-22(18)30-23/h5-13H,1-4H3,(H,27,29)/b26-13+. The molecular weight excluding hydrogens is 442 g/mol. The van der Waals surface area contributed by atoms with Gasteiger partial charge in [-0.1, -0.05) is 28.1 Å². The molecule has 0 radical (unpaired) electrons. The predicted molar refractivity (Wildman–Crippen MR) is 124 cm³/mol. The molecule has 2 aromatic heterocycles. The molecule has 152 valence electrons. The number of nitrogens with one attached hydrogen (secondary N) is 1. The fourth-order valence-corrected chi connectivity index (χ4v) is 3.97. The maximum absolute atomic E-state index is 12.4. The number of rotatable bonds is 4. The molecule has 6 heteroatoms. The summed E-state index contributed by atoms with van der Waals surface area (Å²) in [6, 6.07) is 15.8. The van der Waals surface area contributed by atoms with Gasteiger partial charge in [0.1, 0.15) is 5.58 Å². The summed E-state index contributed by atoms with van der Waals surface area (Å²) in [7, 11) is 0. The number of benzene rings is 2. The Balaban J connectivity index is 1.55. The zero-order valence-electron chi connectivity index (χ0n) is 17.3. The number of aromatic nitrogens is 1. The Morgan fingerprint density at radius 3 is 2.67 bits per heavy atom. The van der Waals surface area contributed by atoms with Crippen molar-refractivity contribution >= 4 is 39.0 Å². The topological polar surface area (TPSA) is 59.5 Å². The van der Waals surface area contributed by atoms with Crippen molar-refractivity contribution in [2.75, 3.05) is 0 Å². The fourth-order valence-electron chi connectivity index (χ4n) is 3.59. The first-order valence-electron chi connectivity index (χ1n) is 9.62. The molecule has 4 aromatic rings. The van der Waals surface area contributed by atoms with Crippen LogP contribution in [0.5, 0.6) is 0 Å². The summed E-state index contributed by atoms with van der Waals surface area (Å²) in [4.78, 5) is 12.4. The van der Waals surface area contributed by atoms with Gasteiger partial charge in [-0.05, 0) is 75.2 Å². The second-order valence-corrected chi connectivity index (χ2v) is 8.36. The number of aryl methyl sites for hydroxylation is 3. The zero-order chi connectivity index (χ0) is 21.4. The van der Waals surface area contributed by atoms with E-state index in [4.69, 9.17) is 4.42 Å². The molecule has 0 atom stereocenters. The lowest BCUT2D eigenvalue weighted by atomic mass is 10.1. The van der Waals surface area contributed by atoms with E-state index < -0.39 is 0 Å². The van der Waals surface area contributed by atoms with Crippen molar-refractivity contribution in [1.82, 2.24) is 9.99 Å². The van der Waals surface area contributed by atoms with E-state index in [-0.39, 0.29) is 11.7 Å². The Morgan fingerprint density at radius 2 is 1.87 bits per heavy atom. The summed E-state index contributed by atoms with van der Waals surface area (Å²) >= 11 is 3.42. The first-order valence-corrected chi connectivity index (χ1v) is 10.4. The number of halogens is 1. The van der Waals surface area contributed by atoms with Gasteiger partial charge in [-0.2, -0.15) is 5.10 Å². The van der Waals surface area contributed by atoms with Crippen LogP contribution in [0.4, 0.5) is 0 Å². The molecule has 0 aliphatic rings. The molecule has 1 N–H and O–H groups in total. The van der Waals surface area contributed by atoms with Crippen LogP contribution < -0.4 is 5.43 Å². The van der Waals surface area contributed by atoms with Crippen molar-refractivity contribution in [2.45, 2.75) is 27.7 Å². The van der Waals surface area contributed by atoms with Crippen molar-refractivity contribution in [2.24, 2.45) is 5.10 Å². The van der Waals surface area contributed by atoms with Crippen molar-refractivity contribution in [1.29, 1.82) is 0 Å². The van der Waals surface area contributed by atoms with Gasteiger partial charge in [-0.25, -0.2) is 5.43 Å². The molecule has 2 heterocycles. The van der Waals surface area contributed by atoms with Gasteiger partial charge in [0.25, 0.3) is 0 Å². The molecule has 0 fully saturated rings. The van der Waals surface area contributed by atoms with Crippen LogP contribution in [0.15, 0.2) is 62.5 Å². The SMILES string of the molecule is Cc1ccc(C)c(-n2c(C)cc(/C=N/NC(=O)c3cc4cc(Br)ccc4o3)c2C)c1. The van der Waals surface area contributed by atoms with Gasteiger partial charge in [0.15, 0.2) is 5.76 Å². The molecule has 0 aliphatic carbocycles. The number of nitrogens with zero attached hydrogens (tertiary/aromatic N) is 2. The van der Waals surface area contributed by atoms with Crippen LogP contribution in [-0.2, 0) is 0 Å². The van der Waals surface area contributed by atoms with E-state index in [9.17, 15) is 4.79 Å². The highest BCUT2D eigenvalue weighted by molar-refractivity contribution is 9.10. The normalized spacial score (nSPS) is 11.5. The fraction of sp³-hybridized carbons (Fsp3) is 0.167. The number of furan rings is 1. The quantitative estimate of drug-likeness (QED) is 0.298. The van der Waals surface area contributed by atoms with Crippen LogP contribution in [0, 0.1) is 27.7 Å². The summed E-state index contributed by atoms with van der Waals surface area (Å²) in [6.07, 6.45) is 1.67. The van der Waals surface area contributed by atoms with Gasteiger partial charge in [-0.15, -0.1) is 0 Å². The lowest BCUT2D eigenvalue weighted by molar-refractivity contribution is 0.0929. The lowest BCUT2D eigenvalue weighted by Gasteiger charge is -2.13. The number of carbonyl (C=O) groups excluding carboxylic acids is 1. The molecule has 0 spiro atoms. The van der Waals surface area contributed by atoms with Crippen LogP contribution in [-0.4, -0.2) is 16.7 Å². The molecule has 30 heavy (non-hydrogen) atoms. The third kappa shape index (κ3) is 3.83. The maximum Gasteiger partial charge on any atom is 0.307 e. The van der Waals surface area contributed by atoms with Crippen molar-refractivity contribution < 1.29 is 9.21 Å². The summed E-state index contributed by atoms with van der Waals surface area (Å²) in [6.45, 7) is 8.31. The summed E-state index contributed by atoms with van der Waals surface area (Å²) in [5.74, 6) is -0.164. The lowest BCUT2D eigenvalue weighted by Crippen LogP contribution is -2.16. The second-order valence-electron chi connectivity index (χ2n) is 7.44. The average Bonchev–Trinajstić information content (AvgIpc) is 3.24. The summed E-state index contributed by atoms with van der Waals surface area (Å²) < 4.78 is 8.75. The minimum absolute atomic E-state index is 0.223. The van der Waals surface area contributed by atoms with Crippen LogP contribution in [0.25, 0.3) is 16.7 Å². The second kappa shape index (κ2) is 7.95. The molecule has 0 aliphatic heterocycles. The minimum Gasteiger partial charge on any atom is -0.451 e. The van der Waals surface area contributed by atoms with E-state index >= 15 is 0 Å². The van der Waals surface area contributed by atoms with E-state index in [0.717, 1.165) is 32.5 Å². The van der Waals surface area contributed by atoms with E-state index in [0.29, 0.717) is 5.58 Å². The van der Waals surface area contributed by atoms with Crippen LogP contribution in [0.2, 0.25) is 0 Å². The van der Waals surface area contributed by atoms with E-state index in [2.05, 4.69) is 83.0 Å². The van der Waals surface area contributed by atoms with E-state index in [1.165, 1.54) is 11.1 Å². The summed E-state index contributed by atoms with van der Waals surface area (Å²) in [5.41, 5.74) is 9.90. The predicted octanol–water partition coefficient (Wildman–Crippen LogP) is 5.98. The third-order valence-electron chi connectivity index (χ3n) is 5.15. The van der Waals surface area contributed by atoms with Gasteiger partial charge in [-0.3, -0.25) is 4.79 Å². The first kappa shape index (κ1) is 20.2. The van der Waals surface area contributed by atoms with Crippen LogP contribution in [0.3, 0.4) is 0 Å². The molecular formula is C24H22BrN3O2. The Kier molecular flexibility index (Phi) is 5.35. The Bertz CT molecular complexity index is 1300. The zero-order valence-corrected chi connectivity index (χ0v) is 18.9. The number of hydrogen-bond donors (Lipinski definition) is 1. The van der Waals surface area contributed by atoms with Gasteiger partial charge < -0.3 is 8.98 Å². The van der Waals surface area contributed by atoms with Crippen molar-refractivity contribution in [3.05, 3.63) is 86.8 Å². The monoisotopic (exact) mass is 463 g/mol. The molecule has 5 nitrogen and oxygen atoms in total. The van der Waals surface area contributed by atoms with Crippen LogP contribution >= 0.6 is 15.9 Å². The molecule has 2 aromatic carbocycles. The highest BCUT2D eigenvalue weighted by atomic mass is 79.9. The molecule has 4 rings (SSSR count). The van der Waals surface area contributed by atoms with E-state index in [1.54, 1.807) is 12.3 Å². The van der Waals surface area contributed by atoms with Gasteiger partial charge >= 0.3 is 5.91 Å². The van der Waals surface area contributed by atoms with Crippen molar-refractivity contribution in [3.8, 4) is 5.69 Å². The highest BCUT2D eigenvalue weighted by Crippen LogP contribution is 2.24. The highest BCUT2D eigenvalue weighted by Gasteiger charge is 2.13. The number of hydrogen-bond acceptors (Lipinski definition) is 3. The molecule has 0 saturated carbocycles. The number of carbonyl (C=O) groups is 1. The van der Waals surface area contributed by atoms with Gasteiger partial charge in [0.2, 0.25) is 0 Å². The van der Waals surface area contributed by atoms with Crippen molar-refractivity contribution in [3.63, 3.8) is 0 Å². The number of hydrazone groups is 1. The first-order chi connectivity index (χ1) is 14.3. The number of amides is 1. The molecule has 0 bridgehead atoms. The minimum atomic E-state index is -0.387. The summed E-state index contributed by atoms with van der Waals surface area (Å²) in [5, 5.41) is 5.00. The largest absolute Gasteiger partial charge is 0.451 e. The Hall–Kier alpha value is -3.12. The Morgan fingerprint density at radius 1 is 1.07 bits per heavy atom. The smallest absolute Gasteiger partial charge is 0.307 e. The van der Waals surface area contributed by atoms with E-state index in [1.807, 2.05) is 18.2 Å². The number of fused-ring (bicyclic) bond motifs is 1. The maximum atomic E-state index is 12.4. The molecule has 0 unspecified atom stereocenters. The molecule has 0 saturated heterocycles. The average molecular weight is 464 g/mol. The van der Waals surface area contributed by atoms with Gasteiger partial charge in [0.05, 0.1) is 6.21 Å². The third-order valence-corrected chi connectivity index (χ3v) is 5.64.